The Morgan fingerprint density at radius 3 is 2.23 bits per heavy atom. The fourth-order valence-electron chi connectivity index (χ4n) is 0.828. The molecular weight excluding hydrogens is 324 g/mol. The van der Waals surface area contributed by atoms with Crippen LogP contribution < -0.4 is 0 Å². The summed E-state index contributed by atoms with van der Waals surface area (Å²) in [6.45, 7) is 1.74. The summed E-state index contributed by atoms with van der Waals surface area (Å²) in [5.41, 5.74) is 0.746. The first-order valence-corrected chi connectivity index (χ1v) is 6.28. The van der Waals surface area contributed by atoms with Crippen LogP contribution in [0.5, 0.6) is 0 Å². The molecule has 1 aromatic carbocycles. The third-order valence-corrected chi connectivity index (χ3v) is 4.16. The summed E-state index contributed by atoms with van der Waals surface area (Å²) in [7, 11) is -4.14. The average Bonchev–Trinajstić information content (AvgIpc) is 1.94. The highest BCUT2D eigenvalue weighted by molar-refractivity contribution is 9.11. The van der Waals surface area contributed by atoms with Crippen LogP contribution in [0, 0.1) is 6.92 Å². The van der Waals surface area contributed by atoms with Gasteiger partial charge in [0.25, 0.3) is 10.1 Å². The average molecular weight is 330 g/mol. The molecule has 0 aliphatic carbocycles. The van der Waals surface area contributed by atoms with Crippen LogP contribution >= 0.6 is 31.9 Å². The first kappa shape index (κ1) is 11.2. The topological polar surface area (TPSA) is 54.4 Å². The summed E-state index contributed by atoms with van der Waals surface area (Å²) in [6.07, 6.45) is 0. The van der Waals surface area contributed by atoms with Crippen molar-refractivity contribution in [2.24, 2.45) is 0 Å². The number of benzene rings is 1. The fraction of sp³-hybridized carbons (Fsp3) is 0.143. The molecular formula is C7H6Br2O3S. The lowest BCUT2D eigenvalue weighted by Crippen LogP contribution is -1.99. The summed E-state index contributed by atoms with van der Waals surface area (Å²) < 4.78 is 31.6. The Morgan fingerprint density at radius 1 is 1.23 bits per heavy atom. The molecule has 0 bridgehead atoms. The van der Waals surface area contributed by atoms with E-state index in [1.165, 1.54) is 6.07 Å². The van der Waals surface area contributed by atoms with Crippen LogP contribution in [-0.4, -0.2) is 13.0 Å². The zero-order chi connectivity index (χ0) is 10.2. The molecule has 3 nitrogen and oxygen atoms in total. The van der Waals surface area contributed by atoms with Crippen LogP contribution in [-0.2, 0) is 10.1 Å². The summed E-state index contributed by atoms with van der Waals surface area (Å²) in [4.78, 5) is -0.117. The first-order chi connectivity index (χ1) is 5.82. The highest BCUT2D eigenvalue weighted by Crippen LogP contribution is 2.28. The highest BCUT2D eigenvalue weighted by atomic mass is 79.9. The third kappa shape index (κ3) is 2.52. The molecule has 1 N–H and O–H groups in total. The molecule has 6 heteroatoms. The van der Waals surface area contributed by atoms with E-state index < -0.39 is 10.1 Å². The van der Waals surface area contributed by atoms with Crippen molar-refractivity contribution in [1.29, 1.82) is 0 Å². The lowest BCUT2D eigenvalue weighted by atomic mass is 10.2. The van der Waals surface area contributed by atoms with Gasteiger partial charge in [-0.3, -0.25) is 4.55 Å². The Balaban J connectivity index is 3.50. The molecule has 0 radical (unpaired) electrons. The summed E-state index contributed by atoms with van der Waals surface area (Å²) >= 11 is 6.29. The molecule has 0 aliphatic heterocycles. The van der Waals surface area contributed by atoms with Gasteiger partial charge in [0.15, 0.2) is 0 Å². The monoisotopic (exact) mass is 328 g/mol. The predicted octanol–water partition coefficient (Wildman–Crippen LogP) is 2.77. The summed E-state index contributed by atoms with van der Waals surface area (Å²) in [6, 6.07) is 2.97. The van der Waals surface area contributed by atoms with Gasteiger partial charge in [-0.1, -0.05) is 15.9 Å². The van der Waals surface area contributed by atoms with E-state index in [1.807, 2.05) is 0 Å². The molecule has 1 aromatic rings. The van der Waals surface area contributed by atoms with Gasteiger partial charge in [-0.2, -0.15) is 8.42 Å². The van der Waals surface area contributed by atoms with Crippen molar-refractivity contribution in [2.75, 3.05) is 0 Å². The quantitative estimate of drug-likeness (QED) is 0.806. The highest BCUT2D eigenvalue weighted by Gasteiger charge is 2.15. The van der Waals surface area contributed by atoms with Crippen LogP contribution in [0.25, 0.3) is 0 Å². The molecule has 0 aliphatic rings. The van der Waals surface area contributed by atoms with Crippen LogP contribution in [0.4, 0.5) is 0 Å². The SMILES string of the molecule is Cc1cc(S(=O)(=O)O)c(Br)cc1Br. The van der Waals surface area contributed by atoms with Crippen molar-refractivity contribution in [1.82, 2.24) is 0 Å². The van der Waals surface area contributed by atoms with Crippen molar-refractivity contribution in [3.8, 4) is 0 Å². The largest absolute Gasteiger partial charge is 0.295 e. The van der Waals surface area contributed by atoms with Crippen LogP contribution in [0.1, 0.15) is 5.56 Å². The summed E-state index contributed by atoms with van der Waals surface area (Å²) in [5, 5.41) is 0. The number of rotatable bonds is 1. The van der Waals surface area contributed by atoms with Crippen molar-refractivity contribution < 1.29 is 13.0 Å². The number of halogens is 2. The van der Waals surface area contributed by atoms with Gasteiger partial charge in [0.05, 0.1) is 0 Å². The van der Waals surface area contributed by atoms with Crippen molar-refractivity contribution in [3.63, 3.8) is 0 Å². The normalized spacial score (nSPS) is 11.7. The van der Waals surface area contributed by atoms with Crippen molar-refractivity contribution in [2.45, 2.75) is 11.8 Å². The molecule has 0 amide bonds. The Morgan fingerprint density at radius 2 is 1.77 bits per heavy atom. The van der Waals surface area contributed by atoms with E-state index in [9.17, 15) is 8.42 Å². The Kier molecular flexibility index (Phi) is 3.16. The van der Waals surface area contributed by atoms with E-state index >= 15 is 0 Å². The Labute approximate surface area is 93.2 Å². The zero-order valence-electron chi connectivity index (χ0n) is 6.58. The number of aryl methyl sites for hydroxylation is 1. The second-order valence-corrected chi connectivity index (χ2v) is 5.61. The molecule has 1 rings (SSSR count). The minimum absolute atomic E-state index is 0.117. The van der Waals surface area contributed by atoms with Gasteiger partial charge < -0.3 is 0 Å². The fourth-order valence-corrected chi connectivity index (χ4v) is 3.07. The van der Waals surface area contributed by atoms with Gasteiger partial charge in [-0.05, 0) is 40.5 Å². The number of hydrogen-bond acceptors (Lipinski definition) is 2. The predicted molar refractivity (Wildman–Crippen MR) is 56.4 cm³/mol. The van der Waals surface area contributed by atoms with Crippen molar-refractivity contribution >= 4 is 42.0 Å². The number of hydrogen-bond donors (Lipinski definition) is 1. The van der Waals surface area contributed by atoms with Crippen LogP contribution in [0.15, 0.2) is 26.0 Å². The van der Waals surface area contributed by atoms with Crippen LogP contribution in [0.3, 0.4) is 0 Å². The van der Waals surface area contributed by atoms with Gasteiger partial charge in [0, 0.05) is 8.95 Å². The molecule has 0 saturated heterocycles. The van der Waals surface area contributed by atoms with Gasteiger partial charge in [-0.25, -0.2) is 0 Å². The molecule has 72 valence electrons. The van der Waals surface area contributed by atoms with E-state index in [4.69, 9.17) is 4.55 Å². The maximum absolute atomic E-state index is 10.8. The van der Waals surface area contributed by atoms with Gasteiger partial charge in [0.2, 0.25) is 0 Å². The first-order valence-electron chi connectivity index (χ1n) is 3.25. The van der Waals surface area contributed by atoms with Crippen molar-refractivity contribution in [3.05, 3.63) is 26.6 Å². The summed E-state index contributed by atoms with van der Waals surface area (Å²) in [5.74, 6) is 0. The molecule has 0 atom stereocenters. The molecule has 0 aromatic heterocycles. The van der Waals surface area contributed by atoms with E-state index in [2.05, 4.69) is 31.9 Å². The van der Waals surface area contributed by atoms with E-state index in [1.54, 1.807) is 13.0 Å². The maximum atomic E-state index is 10.8. The molecule has 0 spiro atoms. The second-order valence-electron chi connectivity index (χ2n) is 2.51. The molecule has 0 fully saturated rings. The molecule has 13 heavy (non-hydrogen) atoms. The standard InChI is InChI=1S/C7H6Br2O3S/c1-4-2-7(13(10,11)12)6(9)3-5(4)8/h2-3H,1H3,(H,10,11,12). The Bertz CT molecular complexity index is 439. The van der Waals surface area contributed by atoms with Gasteiger partial charge in [0.1, 0.15) is 4.90 Å². The second kappa shape index (κ2) is 3.68. The lowest BCUT2D eigenvalue weighted by molar-refractivity contribution is 0.482. The van der Waals surface area contributed by atoms with Crippen LogP contribution in [0.2, 0.25) is 0 Å². The Hall–Kier alpha value is 0.0900. The lowest BCUT2D eigenvalue weighted by Gasteiger charge is -2.04. The van der Waals surface area contributed by atoms with Gasteiger partial charge >= 0.3 is 0 Å². The van der Waals surface area contributed by atoms with E-state index in [0.717, 1.165) is 10.0 Å². The minimum atomic E-state index is -4.14. The third-order valence-electron chi connectivity index (χ3n) is 1.49. The minimum Gasteiger partial charge on any atom is -0.282 e. The van der Waals surface area contributed by atoms with E-state index in [0.29, 0.717) is 4.47 Å². The molecule has 0 heterocycles. The smallest absolute Gasteiger partial charge is 0.282 e. The molecule has 0 unspecified atom stereocenters. The molecule has 0 saturated carbocycles. The van der Waals surface area contributed by atoms with E-state index in [-0.39, 0.29) is 4.90 Å². The van der Waals surface area contributed by atoms with Gasteiger partial charge in [-0.15, -0.1) is 0 Å². The maximum Gasteiger partial charge on any atom is 0.295 e. The zero-order valence-corrected chi connectivity index (χ0v) is 10.6.